The van der Waals surface area contributed by atoms with E-state index in [1.165, 1.54) is 11.6 Å². The van der Waals surface area contributed by atoms with Gasteiger partial charge in [0.25, 0.3) is 5.56 Å². The van der Waals surface area contributed by atoms with Gasteiger partial charge in [-0.15, -0.1) is 0 Å². The Morgan fingerprint density at radius 2 is 1.76 bits per heavy atom. The summed E-state index contributed by atoms with van der Waals surface area (Å²) in [5.74, 6) is 0.238. The molecule has 2 heterocycles. The van der Waals surface area contributed by atoms with Crippen LogP contribution in [0, 0.1) is 5.92 Å². The number of likely N-dealkylation sites (tertiary alicyclic amines) is 1. The van der Waals surface area contributed by atoms with Crippen LogP contribution in [0.15, 0.2) is 46.1 Å². The molecule has 2 aromatic rings. The van der Waals surface area contributed by atoms with E-state index in [9.17, 15) is 14.7 Å². The Bertz CT molecular complexity index is 833. The molecule has 1 atom stereocenters. The van der Waals surface area contributed by atoms with Gasteiger partial charge in [-0.25, -0.2) is 4.79 Å². The van der Waals surface area contributed by atoms with Crippen molar-refractivity contribution < 1.29 is 5.11 Å². The van der Waals surface area contributed by atoms with Crippen molar-refractivity contribution >= 4 is 0 Å². The van der Waals surface area contributed by atoms with Crippen molar-refractivity contribution in [2.45, 2.75) is 25.5 Å². The van der Waals surface area contributed by atoms with Gasteiger partial charge in [-0.1, -0.05) is 30.3 Å². The molecule has 3 rings (SSSR count). The van der Waals surface area contributed by atoms with Crippen LogP contribution in [0.1, 0.15) is 30.1 Å². The van der Waals surface area contributed by atoms with E-state index in [-0.39, 0.29) is 17.2 Å². The molecule has 1 aromatic heterocycles. The third-order valence-corrected chi connectivity index (χ3v) is 5.13. The summed E-state index contributed by atoms with van der Waals surface area (Å²) in [6, 6.07) is 9.77. The predicted molar refractivity (Wildman–Crippen MR) is 96.3 cm³/mol. The number of aryl methyl sites for hydroxylation is 1. The Morgan fingerprint density at radius 1 is 1.12 bits per heavy atom. The third-order valence-electron chi connectivity index (χ3n) is 5.13. The summed E-state index contributed by atoms with van der Waals surface area (Å²) in [4.78, 5) is 26.2. The molecule has 6 nitrogen and oxygen atoms in total. The van der Waals surface area contributed by atoms with Gasteiger partial charge < -0.3 is 9.67 Å². The molecule has 1 aromatic carbocycles. The van der Waals surface area contributed by atoms with Gasteiger partial charge >= 0.3 is 5.69 Å². The fourth-order valence-corrected chi connectivity index (χ4v) is 3.58. The number of aliphatic hydroxyl groups excluding tert-OH is 1. The average Bonchev–Trinajstić information content (AvgIpc) is 2.65. The summed E-state index contributed by atoms with van der Waals surface area (Å²) in [6.45, 7) is 2.20. The lowest BCUT2D eigenvalue weighted by Gasteiger charge is -2.34. The van der Waals surface area contributed by atoms with E-state index in [2.05, 4.69) is 4.90 Å². The quantitative estimate of drug-likeness (QED) is 0.900. The van der Waals surface area contributed by atoms with Gasteiger partial charge in [-0.05, 0) is 37.4 Å². The molecule has 1 aliphatic rings. The largest absolute Gasteiger partial charge is 0.388 e. The van der Waals surface area contributed by atoms with E-state index in [4.69, 9.17) is 0 Å². The summed E-state index contributed by atoms with van der Waals surface area (Å²) >= 11 is 0. The molecule has 1 fully saturated rings. The van der Waals surface area contributed by atoms with E-state index in [1.807, 2.05) is 30.3 Å². The molecular weight excluding hydrogens is 318 g/mol. The third kappa shape index (κ3) is 3.75. The Kier molecular flexibility index (Phi) is 5.20. The molecule has 0 amide bonds. The molecular formula is C19H25N3O3. The molecule has 1 saturated heterocycles. The number of hydrogen-bond donors (Lipinski definition) is 1. The molecule has 25 heavy (non-hydrogen) atoms. The first kappa shape index (κ1) is 17.6. The Labute approximate surface area is 147 Å². The fraction of sp³-hybridized carbons (Fsp3) is 0.474. The lowest BCUT2D eigenvalue weighted by atomic mass is 9.87. The number of benzene rings is 1. The maximum Gasteiger partial charge on any atom is 0.330 e. The van der Waals surface area contributed by atoms with E-state index >= 15 is 0 Å². The highest BCUT2D eigenvalue weighted by atomic mass is 16.3. The van der Waals surface area contributed by atoms with Crippen molar-refractivity contribution in [3.63, 3.8) is 0 Å². The SMILES string of the molecule is Cn1cc(CN2CCC([C@@H](O)c3ccccc3)CC2)c(=O)n(C)c1=O. The van der Waals surface area contributed by atoms with Gasteiger partial charge in [0.2, 0.25) is 0 Å². The maximum atomic E-state index is 12.3. The molecule has 134 valence electrons. The first-order valence-electron chi connectivity index (χ1n) is 8.68. The van der Waals surface area contributed by atoms with Gasteiger partial charge in [0.05, 0.1) is 6.10 Å². The van der Waals surface area contributed by atoms with Crippen molar-refractivity contribution in [2.24, 2.45) is 20.0 Å². The maximum absolute atomic E-state index is 12.3. The van der Waals surface area contributed by atoms with Gasteiger partial charge in [-0.3, -0.25) is 14.3 Å². The highest BCUT2D eigenvalue weighted by Crippen LogP contribution is 2.30. The molecule has 0 radical (unpaired) electrons. The van der Waals surface area contributed by atoms with Crippen LogP contribution in [-0.2, 0) is 20.6 Å². The Morgan fingerprint density at radius 3 is 2.40 bits per heavy atom. The number of nitrogens with zero attached hydrogens (tertiary/aromatic N) is 3. The monoisotopic (exact) mass is 343 g/mol. The van der Waals surface area contributed by atoms with E-state index < -0.39 is 6.10 Å². The van der Waals surface area contributed by atoms with Crippen LogP contribution in [0.4, 0.5) is 0 Å². The highest BCUT2D eigenvalue weighted by Gasteiger charge is 2.26. The van der Waals surface area contributed by atoms with Gasteiger partial charge in [0.15, 0.2) is 0 Å². The summed E-state index contributed by atoms with van der Waals surface area (Å²) in [5, 5.41) is 10.6. The summed E-state index contributed by atoms with van der Waals surface area (Å²) in [7, 11) is 3.17. The van der Waals surface area contributed by atoms with Crippen molar-refractivity contribution in [1.82, 2.24) is 14.0 Å². The second-order valence-electron chi connectivity index (χ2n) is 6.88. The zero-order chi connectivity index (χ0) is 18.0. The first-order chi connectivity index (χ1) is 12.0. The summed E-state index contributed by atoms with van der Waals surface area (Å²) in [6.07, 6.45) is 2.98. The smallest absolute Gasteiger partial charge is 0.330 e. The standard InChI is InChI=1S/C19H25N3O3/c1-20-12-16(18(24)21(2)19(20)25)13-22-10-8-15(9-11-22)17(23)14-6-4-3-5-7-14/h3-7,12,15,17,23H,8-11,13H2,1-2H3/t17-/m0/s1. The van der Waals surface area contributed by atoms with Crippen molar-refractivity contribution in [2.75, 3.05) is 13.1 Å². The topological polar surface area (TPSA) is 67.5 Å². The minimum absolute atomic E-state index is 0.227. The van der Waals surface area contributed by atoms with Crippen molar-refractivity contribution in [3.05, 3.63) is 68.5 Å². The minimum Gasteiger partial charge on any atom is -0.388 e. The predicted octanol–water partition coefficient (Wildman–Crippen LogP) is 1.03. The van der Waals surface area contributed by atoms with Gasteiger partial charge in [0.1, 0.15) is 0 Å². The molecule has 6 heteroatoms. The minimum atomic E-state index is -0.436. The Balaban J connectivity index is 1.64. The molecule has 1 aliphatic heterocycles. The highest BCUT2D eigenvalue weighted by molar-refractivity contribution is 5.18. The fourth-order valence-electron chi connectivity index (χ4n) is 3.58. The second kappa shape index (κ2) is 7.37. The molecule has 0 spiro atoms. The van der Waals surface area contributed by atoms with Crippen molar-refractivity contribution in [1.29, 1.82) is 0 Å². The number of piperidine rings is 1. The summed E-state index contributed by atoms with van der Waals surface area (Å²) in [5.41, 5.74) is 1.06. The zero-order valence-corrected chi connectivity index (χ0v) is 14.8. The van der Waals surface area contributed by atoms with Crippen LogP contribution in [0.5, 0.6) is 0 Å². The van der Waals surface area contributed by atoms with E-state index in [1.54, 1.807) is 13.2 Å². The molecule has 0 saturated carbocycles. The number of rotatable bonds is 4. The van der Waals surface area contributed by atoms with E-state index in [0.717, 1.165) is 36.1 Å². The number of hydrogen-bond acceptors (Lipinski definition) is 4. The summed E-state index contributed by atoms with van der Waals surface area (Å²) < 4.78 is 2.60. The zero-order valence-electron chi connectivity index (χ0n) is 14.8. The lowest BCUT2D eigenvalue weighted by molar-refractivity contribution is 0.0565. The van der Waals surface area contributed by atoms with Gasteiger partial charge in [0, 0.05) is 32.4 Å². The average molecular weight is 343 g/mol. The van der Waals surface area contributed by atoms with Crippen LogP contribution in [-0.4, -0.2) is 32.2 Å². The van der Waals surface area contributed by atoms with Crippen LogP contribution >= 0.6 is 0 Å². The van der Waals surface area contributed by atoms with Crippen LogP contribution < -0.4 is 11.2 Å². The number of aromatic nitrogens is 2. The van der Waals surface area contributed by atoms with Crippen molar-refractivity contribution in [3.8, 4) is 0 Å². The first-order valence-corrected chi connectivity index (χ1v) is 8.68. The lowest BCUT2D eigenvalue weighted by Crippen LogP contribution is -2.41. The second-order valence-corrected chi connectivity index (χ2v) is 6.88. The normalized spacial score (nSPS) is 17.6. The Hall–Kier alpha value is -2.18. The molecule has 0 unspecified atom stereocenters. The van der Waals surface area contributed by atoms with E-state index in [0.29, 0.717) is 12.1 Å². The van der Waals surface area contributed by atoms with Gasteiger partial charge in [-0.2, -0.15) is 0 Å². The van der Waals surface area contributed by atoms with Crippen LogP contribution in [0.25, 0.3) is 0 Å². The van der Waals surface area contributed by atoms with Crippen LogP contribution in [0.3, 0.4) is 0 Å². The molecule has 0 aliphatic carbocycles. The molecule has 1 N–H and O–H groups in total. The van der Waals surface area contributed by atoms with Crippen LogP contribution in [0.2, 0.25) is 0 Å². The number of aliphatic hydroxyl groups is 1. The molecule has 0 bridgehead atoms.